The first kappa shape index (κ1) is 12.6. The van der Waals surface area contributed by atoms with E-state index in [0.717, 1.165) is 0 Å². The summed E-state index contributed by atoms with van der Waals surface area (Å²) in [4.78, 5) is 24.2. The topological polar surface area (TPSA) is 47.3 Å². The Bertz CT molecular complexity index is 850. The second kappa shape index (κ2) is 4.94. The highest BCUT2D eigenvalue weighted by atomic mass is 35.5. The van der Waals surface area contributed by atoms with Gasteiger partial charge in [-0.1, -0.05) is 42.5 Å². The molecule has 3 rings (SSSR count). The molecule has 0 saturated heterocycles. The van der Waals surface area contributed by atoms with E-state index in [4.69, 9.17) is 16.0 Å². The zero-order chi connectivity index (χ0) is 14.1. The van der Waals surface area contributed by atoms with Crippen LogP contribution in [0.25, 0.3) is 22.1 Å². The largest absolute Gasteiger partial charge is 0.451 e. The Hall–Kier alpha value is -2.39. The van der Waals surface area contributed by atoms with E-state index in [0.29, 0.717) is 16.5 Å². The van der Waals surface area contributed by atoms with Gasteiger partial charge in [-0.05, 0) is 29.3 Å². The summed E-state index contributed by atoms with van der Waals surface area (Å²) in [6.07, 6.45) is 0. The minimum atomic E-state index is -0.785. The van der Waals surface area contributed by atoms with E-state index in [1.54, 1.807) is 48.5 Å². The Balaban J connectivity index is 2.46. The quantitative estimate of drug-likeness (QED) is 0.672. The van der Waals surface area contributed by atoms with Crippen LogP contribution >= 0.6 is 11.6 Å². The van der Waals surface area contributed by atoms with Crippen molar-refractivity contribution in [1.82, 2.24) is 0 Å². The molecule has 0 aliphatic rings. The molecule has 0 saturated carbocycles. The highest BCUT2D eigenvalue weighted by Crippen LogP contribution is 2.25. The van der Waals surface area contributed by atoms with Crippen molar-refractivity contribution >= 4 is 27.8 Å². The third kappa shape index (κ3) is 2.02. The Labute approximate surface area is 119 Å². The molecule has 0 fully saturated rings. The number of carbonyl (C=O) groups excluding carboxylic acids is 1. The second-order valence-electron chi connectivity index (χ2n) is 4.27. The van der Waals surface area contributed by atoms with Gasteiger partial charge in [0, 0.05) is 0 Å². The van der Waals surface area contributed by atoms with Crippen molar-refractivity contribution in [3.05, 3.63) is 70.6 Å². The summed E-state index contributed by atoms with van der Waals surface area (Å²) >= 11 is 5.56. The van der Waals surface area contributed by atoms with Crippen LogP contribution in [0.5, 0.6) is 0 Å². The van der Waals surface area contributed by atoms with Crippen molar-refractivity contribution in [3.63, 3.8) is 0 Å². The molecule has 0 atom stereocenters. The molecule has 0 spiro atoms. The van der Waals surface area contributed by atoms with Crippen LogP contribution in [0.2, 0.25) is 0 Å². The summed E-state index contributed by atoms with van der Waals surface area (Å²) in [7, 11) is 0. The molecule has 20 heavy (non-hydrogen) atoms. The normalized spacial score (nSPS) is 10.7. The van der Waals surface area contributed by atoms with Crippen molar-refractivity contribution in [2.75, 3.05) is 0 Å². The molecule has 0 aliphatic carbocycles. The van der Waals surface area contributed by atoms with Crippen LogP contribution in [0.1, 0.15) is 10.6 Å². The maximum absolute atomic E-state index is 12.6. The third-order valence-corrected chi connectivity index (χ3v) is 3.21. The van der Waals surface area contributed by atoms with Gasteiger partial charge in [0.1, 0.15) is 5.58 Å². The third-order valence-electron chi connectivity index (χ3n) is 3.04. The molecule has 0 N–H and O–H groups in total. The van der Waals surface area contributed by atoms with Crippen molar-refractivity contribution in [2.24, 2.45) is 0 Å². The number of hydrogen-bond donors (Lipinski definition) is 0. The highest BCUT2D eigenvalue weighted by Gasteiger charge is 2.20. The molecule has 0 bridgehead atoms. The van der Waals surface area contributed by atoms with Crippen LogP contribution in [-0.2, 0) is 0 Å². The van der Waals surface area contributed by atoms with Gasteiger partial charge in [-0.3, -0.25) is 9.59 Å². The Morgan fingerprint density at radius 2 is 1.60 bits per heavy atom. The number of carbonyl (C=O) groups is 1. The van der Waals surface area contributed by atoms with E-state index in [9.17, 15) is 9.59 Å². The number of halogens is 1. The molecule has 4 heteroatoms. The molecule has 0 amide bonds. The Morgan fingerprint density at radius 3 is 2.30 bits per heavy atom. The van der Waals surface area contributed by atoms with Crippen LogP contribution < -0.4 is 5.43 Å². The van der Waals surface area contributed by atoms with Gasteiger partial charge in [0.25, 0.3) is 5.24 Å². The van der Waals surface area contributed by atoms with Gasteiger partial charge in [0.2, 0.25) is 5.43 Å². The first-order valence-electron chi connectivity index (χ1n) is 5.99. The van der Waals surface area contributed by atoms with Gasteiger partial charge >= 0.3 is 0 Å². The number of fused-ring (bicyclic) bond motifs is 1. The van der Waals surface area contributed by atoms with Crippen LogP contribution in [-0.4, -0.2) is 5.24 Å². The SMILES string of the molecule is O=C(Cl)c1oc2ccccc2c(=O)c1-c1ccccc1. The fourth-order valence-corrected chi connectivity index (χ4v) is 2.28. The lowest BCUT2D eigenvalue weighted by atomic mass is 10.0. The fourth-order valence-electron chi connectivity index (χ4n) is 2.15. The lowest BCUT2D eigenvalue weighted by Gasteiger charge is -2.06. The minimum absolute atomic E-state index is 0.124. The van der Waals surface area contributed by atoms with E-state index in [2.05, 4.69) is 0 Å². The van der Waals surface area contributed by atoms with Gasteiger partial charge in [-0.25, -0.2) is 0 Å². The van der Waals surface area contributed by atoms with Crippen LogP contribution in [0.4, 0.5) is 0 Å². The van der Waals surface area contributed by atoms with Crippen LogP contribution in [0, 0.1) is 0 Å². The maximum atomic E-state index is 12.6. The zero-order valence-corrected chi connectivity index (χ0v) is 11.1. The average Bonchev–Trinajstić information content (AvgIpc) is 2.48. The van der Waals surface area contributed by atoms with Crippen LogP contribution in [0.15, 0.2) is 63.8 Å². The average molecular weight is 285 g/mol. The van der Waals surface area contributed by atoms with Gasteiger partial charge in [0.15, 0.2) is 5.76 Å². The van der Waals surface area contributed by atoms with E-state index in [1.165, 1.54) is 0 Å². The monoisotopic (exact) mass is 284 g/mol. The van der Waals surface area contributed by atoms with Gasteiger partial charge in [-0.15, -0.1) is 0 Å². The smallest absolute Gasteiger partial charge is 0.288 e. The summed E-state index contributed by atoms with van der Waals surface area (Å²) in [5.74, 6) is -0.124. The summed E-state index contributed by atoms with van der Waals surface area (Å²) in [6, 6.07) is 15.7. The molecule has 2 aromatic carbocycles. The molecule has 0 unspecified atom stereocenters. The van der Waals surface area contributed by atoms with Gasteiger partial charge in [-0.2, -0.15) is 0 Å². The van der Waals surface area contributed by atoms with Crippen molar-refractivity contribution in [2.45, 2.75) is 0 Å². The molecule has 3 aromatic rings. The second-order valence-corrected chi connectivity index (χ2v) is 4.61. The minimum Gasteiger partial charge on any atom is -0.451 e. The maximum Gasteiger partial charge on any atom is 0.288 e. The lowest BCUT2D eigenvalue weighted by molar-refractivity contribution is 0.105. The van der Waals surface area contributed by atoms with Crippen molar-refractivity contribution < 1.29 is 9.21 Å². The molecule has 0 radical (unpaired) electrons. The first-order chi connectivity index (χ1) is 9.68. The highest BCUT2D eigenvalue weighted by molar-refractivity contribution is 6.67. The Morgan fingerprint density at radius 1 is 0.950 bits per heavy atom. The number of benzene rings is 2. The van der Waals surface area contributed by atoms with E-state index in [-0.39, 0.29) is 16.8 Å². The Kier molecular flexibility index (Phi) is 3.12. The molecular weight excluding hydrogens is 276 g/mol. The van der Waals surface area contributed by atoms with Gasteiger partial charge < -0.3 is 4.42 Å². The molecule has 0 aliphatic heterocycles. The predicted octanol–water partition coefficient (Wildman–Crippen LogP) is 3.84. The lowest BCUT2D eigenvalue weighted by Crippen LogP contribution is -2.10. The standard InChI is InChI=1S/C16H9ClO3/c17-16(19)15-13(10-6-2-1-3-7-10)14(18)11-8-4-5-9-12(11)20-15/h1-9H. The summed E-state index contributed by atoms with van der Waals surface area (Å²) in [5, 5.41) is -0.361. The molecule has 1 heterocycles. The fraction of sp³-hybridized carbons (Fsp3) is 0. The predicted molar refractivity (Wildman–Crippen MR) is 78.1 cm³/mol. The van der Waals surface area contributed by atoms with E-state index >= 15 is 0 Å². The van der Waals surface area contributed by atoms with Gasteiger partial charge in [0.05, 0.1) is 10.9 Å². The van der Waals surface area contributed by atoms with Crippen molar-refractivity contribution in [1.29, 1.82) is 0 Å². The first-order valence-corrected chi connectivity index (χ1v) is 6.37. The molecule has 98 valence electrons. The molecule has 3 nitrogen and oxygen atoms in total. The number of para-hydroxylation sites is 1. The zero-order valence-electron chi connectivity index (χ0n) is 10.3. The van der Waals surface area contributed by atoms with Crippen LogP contribution in [0.3, 0.4) is 0 Å². The summed E-state index contributed by atoms with van der Waals surface area (Å²) in [6.45, 7) is 0. The number of hydrogen-bond acceptors (Lipinski definition) is 3. The van der Waals surface area contributed by atoms with E-state index in [1.807, 2.05) is 6.07 Å². The number of rotatable bonds is 2. The van der Waals surface area contributed by atoms with Crippen molar-refractivity contribution in [3.8, 4) is 11.1 Å². The summed E-state index contributed by atoms with van der Waals surface area (Å²) < 4.78 is 5.51. The molecular formula is C16H9ClO3. The van der Waals surface area contributed by atoms with E-state index < -0.39 is 5.24 Å². The summed E-state index contributed by atoms with van der Waals surface area (Å²) in [5.41, 5.74) is 0.892. The molecule has 1 aromatic heterocycles.